The topological polar surface area (TPSA) is 108 Å². The molecule has 0 aliphatic rings. The van der Waals surface area contributed by atoms with Crippen LogP contribution < -0.4 is 10.1 Å². The van der Waals surface area contributed by atoms with Crippen LogP contribution in [0.5, 0.6) is 5.75 Å². The zero-order chi connectivity index (χ0) is 25.2. The second-order valence-electron chi connectivity index (χ2n) is 7.44. The highest BCUT2D eigenvalue weighted by Crippen LogP contribution is 2.19. The van der Waals surface area contributed by atoms with Gasteiger partial charge in [-0.05, 0) is 61.0 Å². The molecular weight excluding hydrogens is 450 g/mol. The van der Waals surface area contributed by atoms with Gasteiger partial charge in [-0.25, -0.2) is 9.59 Å². The fourth-order valence-electron chi connectivity index (χ4n) is 3.13. The third-order valence-electron chi connectivity index (χ3n) is 4.92. The van der Waals surface area contributed by atoms with Crippen molar-refractivity contribution >= 4 is 29.3 Å². The molecule has 3 aromatic rings. The van der Waals surface area contributed by atoms with E-state index in [2.05, 4.69) is 5.32 Å². The molecule has 0 unspecified atom stereocenters. The maximum absolute atomic E-state index is 12.9. The third-order valence-corrected chi connectivity index (χ3v) is 4.92. The lowest BCUT2D eigenvalue weighted by atomic mass is 9.98. The molecule has 0 saturated heterocycles. The Balaban J connectivity index is 1.60. The van der Waals surface area contributed by atoms with Gasteiger partial charge in [-0.3, -0.25) is 9.59 Å². The van der Waals surface area contributed by atoms with E-state index in [-0.39, 0.29) is 16.9 Å². The van der Waals surface area contributed by atoms with Crippen LogP contribution in [0.25, 0.3) is 0 Å². The molecule has 35 heavy (non-hydrogen) atoms. The summed E-state index contributed by atoms with van der Waals surface area (Å²) in [5.74, 6) is -1.57. The fraction of sp³-hybridized carbons (Fsp3) is 0.185. The highest BCUT2D eigenvalue weighted by molar-refractivity contribution is 6.14. The largest absolute Gasteiger partial charge is 0.497 e. The van der Waals surface area contributed by atoms with Crippen molar-refractivity contribution in [1.29, 1.82) is 0 Å². The van der Waals surface area contributed by atoms with Gasteiger partial charge in [0.25, 0.3) is 5.91 Å². The number of hydrogen-bond donors (Lipinski definition) is 1. The number of ketones is 1. The normalized spacial score (nSPS) is 10.2. The van der Waals surface area contributed by atoms with E-state index in [0.29, 0.717) is 29.2 Å². The van der Waals surface area contributed by atoms with Gasteiger partial charge < -0.3 is 19.5 Å². The van der Waals surface area contributed by atoms with Gasteiger partial charge >= 0.3 is 11.9 Å². The molecule has 0 fully saturated rings. The highest BCUT2D eigenvalue weighted by atomic mass is 16.5. The highest BCUT2D eigenvalue weighted by Gasteiger charge is 2.20. The maximum atomic E-state index is 12.9. The Bertz CT molecular complexity index is 1200. The number of nitrogens with one attached hydrogen (secondary N) is 1. The first kappa shape index (κ1) is 25.2. The number of anilines is 1. The van der Waals surface area contributed by atoms with Gasteiger partial charge in [-0.1, -0.05) is 25.1 Å². The van der Waals surface area contributed by atoms with Crippen LogP contribution in [-0.4, -0.2) is 44.0 Å². The van der Waals surface area contributed by atoms with E-state index in [4.69, 9.17) is 14.2 Å². The number of hydrogen-bond acceptors (Lipinski definition) is 7. The first-order valence-corrected chi connectivity index (χ1v) is 10.9. The minimum absolute atomic E-state index is 0.0519. The molecule has 0 heterocycles. The van der Waals surface area contributed by atoms with E-state index in [1.54, 1.807) is 48.5 Å². The standard InChI is InChI=1S/C27H25NO7/c1-3-16-34-26(31)19-8-12-20(13-9-19)28-24(29)17-35-27(32)23-7-5-4-6-22(23)25(30)18-10-14-21(33-2)15-11-18/h4-15H,3,16-17H2,1-2H3,(H,28,29). The third kappa shape index (κ3) is 6.77. The molecule has 0 saturated carbocycles. The Kier molecular flexibility index (Phi) is 8.72. The molecule has 8 heteroatoms. The Labute approximate surface area is 202 Å². The van der Waals surface area contributed by atoms with Crippen LogP contribution >= 0.6 is 0 Å². The smallest absolute Gasteiger partial charge is 0.339 e. The van der Waals surface area contributed by atoms with Crippen LogP contribution in [-0.2, 0) is 14.3 Å². The molecule has 3 aromatic carbocycles. The van der Waals surface area contributed by atoms with Gasteiger partial charge in [-0.15, -0.1) is 0 Å². The summed E-state index contributed by atoms with van der Waals surface area (Å²) < 4.78 is 15.3. The van der Waals surface area contributed by atoms with Crippen molar-refractivity contribution in [2.75, 3.05) is 25.6 Å². The molecule has 0 aromatic heterocycles. The van der Waals surface area contributed by atoms with Crippen LogP contribution in [0.1, 0.15) is 50.0 Å². The van der Waals surface area contributed by atoms with Gasteiger partial charge in [-0.2, -0.15) is 0 Å². The first-order chi connectivity index (χ1) is 16.9. The summed E-state index contributed by atoms with van der Waals surface area (Å²) in [7, 11) is 1.53. The average Bonchev–Trinajstić information content (AvgIpc) is 2.90. The van der Waals surface area contributed by atoms with E-state index in [1.807, 2.05) is 6.92 Å². The van der Waals surface area contributed by atoms with Gasteiger partial charge in [0.05, 0.1) is 24.8 Å². The summed E-state index contributed by atoms with van der Waals surface area (Å²) >= 11 is 0. The summed E-state index contributed by atoms with van der Waals surface area (Å²) in [5.41, 5.74) is 1.38. The summed E-state index contributed by atoms with van der Waals surface area (Å²) in [5, 5.41) is 2.59. The molecule has 0 radical (unpaired) electrons. The Morgan fingerprint density at radius 3 is 2.00 bits per heavy atom. The van der Waals surface area contributed by atoms with E-state index in [1.165, 1.54) is 31.4 Å². The molecule has 0 bridgehead atoms. The van der Waals surface area contributed by atoms with Gasteiger partial charge in [0.2, 0.25) is 0 Å². The van der Waals surface area contributed by atoms with Crippen molar-refractivity contribution in [2.45, 2.75) is 13.3 Å². The molecule has 1 amide bonds. The zero-order valence-electron chi connectivity index (χ0n) is 19.4. The van der Waals surface area contributed by atoms with Crippen LogP contribution in [0.2, 0.25) is 0 Å². The predicted molar refractivity (Wildman–Crippen MR) is 129 cm³/mol. The zero-order valence-corrected chi connectivity index (χ0v) is 19.4. The molecule has 0 spiro atoms. The summed E-state index contributed by atoms with van der Waals surface area (Å²) in [6.07, 6.45) is 0.721. The maximum Gasteiger partial charge on any atom is 0.339 e. The second kappa shape index (κ2) is 12.1. The second-order valence-corrected chi connectivity index (χ2v) is 7.44. The van der Waals surface area contributed by atoms with E-state index in [9.17, 15) is 19.2 Å². The minimum atomic E-state index is -0.799. The number of carbonyl (C=O) groups is 4. The Morgan fingerprint density at radius 2 is 1.37 bits per heavy atom. The lowest BCUT2D eigenvalue weighted by Crippen LogP contribution is -2.22. The molecule has 3 rings (SSSR count). The van der Waals surface area contributed by atoms with Crippen LogP contribution in [0, 0.1) is 0 Å². The number of methoxy groups -OCH3 is 1. The fourth-order valence-corrected chi connectivity index (χ4v) is 3.13. The number of esters is 2. The van der Waals surface area contributed by atoms with Crippen molar-refractivity contribution in [1.82, 2.24) is 0 Å². The molecule has 0 aliphatic carbocycles. The summed E-state index contributed by atoms with van der Waals surface area (Å²) in [4.78, 5) is 49.7. The predicted octanol–water partition coefficient (Wildman–Crippen LogP) is 4.29. The van der Waals surface area contributed by atoms with Gasteiger partial charge in [0, 0.05) is 16.8 Å². The van der Waals surface area contributed by atoms with Crippen molar-refractivity contribution in [3.63, 3.8) is 0 Å². The molecular formula is C27H25NO7. The average molecular weight is 475 g/mol. The number of amides is 1. The van der Waals surface area contributed by atoms with E-state index in [0.717, 1.165) is 6.42 Å². The lowest BCUT2D eigenvalue weighted by molar-refractivity contribution is -0.119. The number of ether oxygens (including phenoxy) is 3. The number of benzene rings is 3. The molecule has 180 valence electrons. The molecule has 0 atom stereocenters. The first-order valence-electron chi connectivity index (χ1n) is 10.9. The molecule has 8 nitrogen and oxygen atoms in total. The van der Waals surface area contributed by atoms with E-state index < -0.39 is 24.5 Å². The summed E-state index contributed by atoms with van der Waals surface area (Å²) in [6, 6.07) is 18.9. The molecule has 1 N–H and O–H groups in total. The van der Waals surface area contributed by atoms with Crippen LogP contribution in [0.3, 0.4) is 0 Å². The van der Waals surface area contributed by atoms with Crippen LogP contribution in [0.4, 0.5) is 5.69 Å². The van der Waals surface area contributed by atoms with Gasteiger partial charge in [0.1, 0.15) is 5.75 Å². The van der Waals surface area contributed by atoms with Gasteiger partial charge in [0.15, 0.2) is 12.4 Å². The van der Waals surface area contributed by atoms with Crippen molar-refractivity contribution in [3.05, 3.63) is 95.1 Å². The SMILES string of the molecule is CCCOC(=O)c1ccc(NC(=O)COC(=O)c2ccccc2C(=O)c2ccc(OC)cc2)cc1. The van der Waals surface area contributed by atoms with Crippen molar-refractivity contribution in [3.8, 4) is 5.75 Å². The number of carbonyl (C=O) groups excluding carboxylic acids is 4. The molecule has 0 aliphatic heterocycles. The Morgan fingerprint density at radius 1 is 0.743 bits per heavy atom. The lowest BCUT2D eigenvalue weighted by Gasteiger charge is -2.10. The van der Waals surface area contributed by atoms with Crippen molar-refractivity contribution in [2.24, 2.45) is 0 Å². The monoisotopic (exact) mass is 475 g/mol. The van der Waals surface area contributed by atoms with Crippen molar-refractivity contribution < 1.29 is 33.4 Å². The quantitative estimate of drug-likeness (QED) is 0.344. The number of rotatable bonds is 10. The van der Waals surface area contributed by atoms with Crippen LogP contribution in [0.15, 0.2) is 72.8 Å². The Hall–Kier alpha value is -4.46. The van der Waals surface area contributed by atoms with E-state index >= 15 is 0 Å². The minimum Gasteiger partial charge on any atom is -0.497 e. The summed E-state index contributed by atoms with van der Waals surface area (Å²) in [6.45, 7) is 1.68.